The molecular formula is C5H3FNO. The molecule has 8 heavy (non-hydrogen) atoms. The zero-order valence-corrected chi connectivity index (χ0v) is 3.97. The van der Waals surface area contributed by atoms with Gasteiger partial charge in [-0.1, -0.05) is 6.07 Å². The molecule has 0 aliphatic heterocycles. The first-order chi connectivity index (χ1) is 3.79. The summed E-state index contributed by atoms with van der Waals surface area (Å²) in [6.45, 7) is 0. The number of nitrogens with zero attached hydrogens (tertiary/aromatic N) is 1. The van der Waals surface area contributed by atoms with Gasteiger partial charge in [-0.15, -0.1) is 0 Å². The molecule has 1 radical (unpaired) electrons. The summed E-state index contributed by atoms with van der Waals surface area (Å²) in [6.07, 6.45) is 0. The quantitative estimate of drug-likeness (QED) is 0.466. The van der Waals surface area contributed by atoms with Crippen molar-refractivity contribution in [2.24, 2.45) is 0 Å². The van der Waals surface area contributed by atoms with E-state index in [9.17, 15) is 9.50 Å². The van der Waals surface area contributed by atoms with Gasteiger partial charge in [0.05, 0.1) is 0 Å². The van der Waals surface area contributed by atoms with Crippen molar-refractivity contribution in [3.8, 4) is 5.88 Å². The first kappa shape index (κ1) is 5.03. The van der Waals surface area contributed by atoms with Crippen molar-refractivity contribution in [1.82, 2.24) is 4.98 Å². The van der Waals surface area contributed by atoms with Gasteiger partial charge >= 0.3 is 0 Å². The van der Waals surface area contributed by atoms with E-state index in [-0.39, 0.29) is 0 Å². The fraction of sp³-hybridized carbons (Fsp3) is 0. The van der Waals surface area contributed by atoms with Crippen LogP contribution in [0.2, 0.25) is 0 Å². The lowest BCUT2D eigenvalue weighted by Gasteiger charge is -1.82. The molecule has 2 nitrogen and oxygen atoms in total. The first-order valence-electron chi connectivity index (χ1n) is 2.08. The van der Waals surface area contributed by atoms with Gasteiger partial charge in [-0.25, -0.2) is 0 Å². The maximum Gasteiger partial charge on any atom is 0.272 e. The van der Waals surface area contributed by atoms with Crippen molar-refractivity contribution in [2.45, 2.75) is 0 Å². The van der Waals surface area contributed by atoms with Crippen LogP contribution in [0.15, 0.2) is 18.2 Å². The van der Waals surface area contributed by atoms with Gasteiger partial charge in [0.25, 0.3) is 5.88 Å². The van der Waals surface area contributed by atoms with Crippen molar-refractivity contribution >= 4 is 0 Å². The van der Waals surface area contributed by atoms with Gasteiger partial charge in [-0.3, -0.25) is 5.11 Å². The van der Waals surface area contributed by atoms with Gasteiger partial charge in [0, 0.05) is 6.07 Å². The number of rotatable bonds is 0. The summed E-state index contributed by atoms with van der Waals surface area (Å²) >= 11 is 0. The van der Waals surface area contributed by atoms with Gasteiger partial charge in [-0.05, 0) is 6.07 Å². The Morgan fingerprint density at radius 3 is 2.62 bits per heavy atom. The average molecular weight is 112 g/mol. The summed E-state index contributed by atoms with van der Waals surface area (Å²) < 4.78 is 11.9. The van der Waals surface area contributed by atoms with E-state index in [2.05, 4.69) is 4.98 Å². The Hall–Kier alpha value is -1.12. The third-order valence-electron chi connectivity index (χ3n) is 0.690. The molecule has 0 N–H and O–H groups in total. The molecule has 0 fully saturated rings. The maximum absolute atomic E-state index is 11.9. The molecule has 41 valence electrons. The summed E-state index contributed by atoms with van der Waals surface area (Å²) in [5.74, 6) is -1.26. The van der Waals surface area contributed by atoms with Crippen LogP contribution < -0.4 is 0 Å². The molecule has 0 saturated carbocycles. The standard InChI is InChI=1S/C5H3FNO/c6-4-2-1-3-5(8)7-4/h1-3H. The van der Waals surface area contributed by atoms with E-state index in [4.69, 9.17) is 0 Å². The van der Waals surface area contributed by atoms with Crippen molar-refractivity contribution in [3.05, 3.63) is 24.1 Å². The SMILES string of the molecule is [O]c1cccc(F)n1. The summed E-state index contributed by atoms with van der Waals surface area (Å²) in [5.41, 5.74) is 0. The Kier molecular flexibility index (Phi) is 1.12. The summed E-state index contributed by atoms with van der Waals surface area (Å²) in [5, 5.41) is 10.1. The zero-order chi connectivity index (χ0) is 5.98. The molecule has 0 aromatic carbocycles. The fourth-order valence-corrected chi connectivity index (χ4v) is 0.390. The molecule has 0 aliphatic carbocycles. The summed E-state index contributed by atoms with van der Waals surface area (Å²) in [7, 11) is 0. The van der Waals surface area contributed by atoms with Crippen molar-refractivity contribution in [2.75, 3.05) is 0 Å². The minimum Gasteiger partial charge on any atom is -0.267 e. The highest BCUT2D eigenvalue weighted by Crippen LogP contribution is 2.02. The van der Waals surface area contributed by atoms with Crippen LogP contribution in [0, 0.1) is 5.95 Å². The van der Waals surface area contributed by atoms with Crippen LogP contribution in [0.4, 0.5) is 4.39 Å². The lowest BCUT2D eigenvalue weighted by molar-refractivity contribution is 0.329. The van der Waals surface area contributed by atoms with Gasteiger partial charge < -0.3 is 0 Å². The average Bonchev–Trinajstić information content (AvgIpc) is 1.64. The topological polar surface area (TPSA) is 32.8 Å². The third-order valence-corrected chi connectivity index (χ3v) is 0.690. The van der Waals surface area contributed by atoms with Gasteiger partial charge in [-0.2, -0.15) is 9.37 Å². The number of hydrogen-bond acceptors (Lipinski definition) is 1. The van der Waals surface area contributed by atoms with Crippen LogP contribution in [-0.4, -0.2) is 4.98 Å². The van der Waals surface area contributed by atoms with E-state index < -0.39 is 11.8 Å². The summed E-state index contributed by atoms with van der Waals surface area (Å²) in [4.78, 5) is 2.95. The third kappa shape index (κ3) is 0.932. The largest absolute Gasteiger partial charge is 0.272 e. The highest BCUT2D eigenvalue weighted by atomic mass is 19.1. The second-order valence-electron chi connectivity index (χ2n) is 1.30. The van der Waals surface area contributed by atoms with E-state index in [0.29, 0.717) is 0 Å². The molecule has 0 atom stereocenters. The van der Waals surface area contributed by atoms with Crippen LogP contribution >= 0.6 is 0 Å². The van der Waals surface area contributed by atoms with Gasteiger partial charge in [0.1, 0.15) is 0 Å². The molecule has 0 amide bonds. The molecule has 1 aromatic rings. The summed E-state index contributed by atoms with van der Waals surface area (Å²) in [6, 6.07) is 3.65. The molecule has 1 rings (SSSR count). The number of aromatic nitrogens is 1. The Morgan fingerprint density at radius 2 is 2.25 bits per heavy atom. The van der Waals surface area contributed by atoms with Crippen molar-refractivity contribution in [3.63, 3.8) is 0 Å². The van der Waals surface area contributed by atoms with Crippen LogP contribution in [0.1, 0.15) is 0 Å². The van der Waals surface area contributed by atoms with E-state index >= 15 is 0 Å². The van der Waals surface area contributed by atoms with E-state index in [0.717, 1.165) is 6.07 Å². The highest BCUT2D eigenvalue weighted by molar-refractivity contribution is 5.07. The van der Waals surface area contributed by atoms with Gasteiger partial charge in [0.15, 0.2) is 0 Å². The monoisotopic (exact) mass is 112 g/mol. The normalized spacial score (nSPS) is 9.12. The molecule has 3 heteroatoms. The predicted molar refractivity (Wildman–Crippen MR) is 24.3 cm³/mol. The molecule has 0 bridgehead atoms. The minimum atomic E-state index is -0.725. The first-order valence-corrected chi connectivity index (χ1v) is 2.08. The Labute approximate surface area is 45.6 Å². The minimum absolute atomic E-state index is 0.537. The molecule has 0 unspecified atom stereocenters. The Bertz CT molecular complexity index is 172. The number of pyridine rings is 1. The van der Waals surface area contributed by atoms with Gasteiger partial charge in [0.2, 0.25) is 5.95 Å². The van der Waals surface area contributed by atoms with Crippen LogP contribution in [0.25, 0.3) is 0 Å². The molecular weight excluding hydrogens is 109 g/mol. The van der Waals surface area contributed by atoms with E-state index in [1.54, 1.807) is 0 Å². The lowest BCUT2D eigenvalue weighted by Crippen LogP contribution is -1.76. The fourth-order valence-electron chi connectivity index (χ4n) is 0.390. The Morgan fingerprint density at radius 1 is 1.50 bits per heavy atom. The highest BCUT2D eigenvalue weighted by Gasteiger charge is 1.91. The molecule has 1 aromatic heterocycles. The second kappa shape index (κ2) is 1.78. The van der Waals surface area contributed by atoms with Crippen molar-refractivity contribution in [1.29, 1.82) is 0 Å². The zero-order valence-electron chi connectivity index (χ0n) is 3.97. The predicted octanol–water partition coefficient (Wildman–Crippen LogP) is 1.36. The second-order valence-corrected chi connectivity index (χ2v) is 1.30. The molecule has 0 aliphatic rings. The van der Waals surface area contributed by atoms with Crippen LogP contribution in [0.3, 0.4) is 0 Å². The van der Waals surface area contributed by atoms with E-state index in [1.165, 1.54) is 12.1 Å². The van der Waals surface area contributed by atoms with Crippen LogP contribution in [-0.2, 0) is 5.11 Å². The van der Waals surface area contributed by atoms with E-state index in [1.807, 2.05) is 0 Å². The molecule has 0 spiro atoms. The maximum atomic E-state index is 11.9. The van der Waals surface area contributed by atoms with Crippen molar-refractivity contribution < 1.29 is 9.50 Å². The Balaban J connectivity index is 3.08. The number of halogens is 1. The number of hydrogen-bond donors (Lipinski definition) is 0. The van der Waals surface area contributed by atoms with Crippen LogP contribution in [0.5, 0.6) is 5.88 Å². The molecule has 0 saturated heterocycles. The lowest BCUT2D eigenvalue weighted by atomic mass is 10.5. The smallest absolute Gasteiger partial charge is 0.267 e. The molecule has 1 heterocycles.